The Kier molecular flexibility index (Phi) is 4.86. The minimum atomic E-state index is 1.11. The van der Waals surface area contributed by atoms with E-state index in [-0.39, 0.29) is 0 Å². The summed E-state index contributed by atoms with van der Waals surface area (Å²) in [5.41, 5.74) is 5.85. The van der Waals surface area contributed by atoms with Gasteiger partial charge < -0.3 is 4.98 Å². The van der Waals surface area contributed by atoms with Crippen molar-refractivity contribution in [2.24, 2.45) is 0 Å². The van der Waals surface area contributed by atoms with Crippen molar-refractivity contribution in [3.8, 4) is 0 Å². The maximum atomic E-state index is 3.60. The molecule has 0 atom stereocenters. The number of hydrogen-bond donors (Lipinski definition) is 1. The molecular formula is C32H23N. The molecule has 1 N–H and O–H groups in total. The van der Waals surface area contributed by atoms with Crippen molar-refractivity contribution in [3.05, 3.63) is 132 Å². The molecular weight excluding hydrogens is 398 g/mol. The molecule has 0 radical (unpaired) electrons. The summed E-state index contributed by atoms with van der Waals surface area (Å²) in [6, 6.07) is 38.6. The summed E-state index contributed by atoms with van der Waals surface area (Å²) >= 11 is 0. The molecule has 1 heterocycles. The van der Waals surface area contributed by atoms with Gasteiger partial charge in [0.05, 0.1) is 0 Å². The normalized spacial score (nSPS) is 12.0. The van der Waals surface area contributed by atoms with Crippen LogP contribution in [-0.4, -0.2) is 4.98 Å². The SMILES string of the molecule is C(=C\c1[nH]c2ccccc2c1/C=C/c1ccc2ccccc2c1)/c1ccc2ccccc2c1. The summed E-state index contributed by atoms with van der Waals surface area (Å²) in [5.74, 6) is 0. The lowest BCUT2D eigenvalue weighted by molar-refractivity contribution is 1.42. The van der Waals surface area contributed by atoms with Gasteiger partial charge in [-0.2, -0.15) is 0 Å². The molecule has 0 aliphatic heterocycles. The van der Waals surface area contributed by atoms with Gasteiger partial charge in [0, 0.05) is 22.2 Å². The van der Waals surface area contributed by atoms with Crippen molar-refractivity contribution in [2.45, 2.75) is 0 Å². The first-order valence-corrected chi connectivity index (χ1v) is 11.3. The van der Waals surface area contributed by atoms with E-state index in [9.17, 15) is 0 Å². The van der Waals surface area contributed by atoms with E-state index in [1.165, 1.54) is 43.6 Å². The Morgan fingerprint density at radius 3 is 1.67 bits per heavy atom. The molecule has 6 aromatic rings. The fourth-order valence-electron chi connectivity index (χ4n) is 4.48. The molecule has 0 saturated carbocycles. The molecule has 1 nitrogen and oxygen atoms in total. The highest BCUT2D eigenvalue weighted by molar-refractivity contribution is 5.97. The molecule has 0 amide bonds. The highest BCUT2D eigenvalue weighted by Crippen LogP contribution is 2.27. The lowest BCUT2D eigenvalue weighted by atomic mass is 10.0. The number of H-pyrrole nitrogens is 1. The molecule has 1 heteroatoms. The summed E-state index contributed by atoms with van der Waals surface area (Å²) in [6.45, 7) is 0. The fourth-order valence-corrected chi connectivity index (χ4v) is 4.48. The first-order valence-electron chi connectivity index (χ1n) is 11.3. The van der Waals surface area contributed by atoms with Gasteiger partial charge in [0.15, 0.2) is 0 Å². The van der Waals surface area contributed by atoms with Crippen molar-refractivity contribution >= 4 is 56.8 Å². The van der Waals surface area contributed by atoms with Crippen LogP contribution in [0.5, 0.6) is 0 Å². The fraction of sp³-hybridized carbons (Fsp3) is 0. The predicted octanol–water partition coefficient (Wildman–Crippen LogP) is 8.82. The lowest BCUT2D eigenvalue weighted by Gasteiger charge is -2.01. The van der Waals surface area contributed by atoms with Crippen molar-refractivity contribution in [2.75, 3.05) is 0 Å². The molecule has 0 bridgehead atoms. The molecule has 0 aliphatic rings. The first-order chi connectivity index (χ1) is 16.3. The molecule has 1 aromatic heterocycles. The van der Waals surface area contributed by atoms with Crippen LogP contribution in [0.2, 0.25) is 0 Å². The van der Waals surface area contributed by atoms with E-state index >= 15 is 0 Å². The highest BCUT2D eigenvalue weighted by Gasteiger charge is 2.07. The Morgan fingerprint density at radius 1 is 0.455 bits per heavy atom. The van der Waals surface area contributed by atoms with Crippen LogP contribution in [0.4, 0.5) is 0 Å². The van der Waals surface area contributed by atoms with E-state index in [2.05, 4.69) is 138 Å². The van der Waals surface area contributed by atoms with Gasteiger partial charge in [0.2, 0.25) is 0 Å². The second-order valence-electron chi connectivity index (χ2n) is 8.38. The van der Waals surface area contributed by atoms with Crippen LogP contribution in [0, 0.1) is 0 Å². The number of benzene rings is 5. The minimum absolute atomic E-state index is 1.11. The monoisotopic (exact) mass is 421 g/mol. The van der Waals surface area contributed by atoms with E-state index in [1.807, 2.05) is 0 Å². The molecule has 0 fully saturated rings. The third-order valence-electron chi connectivity index (χ3n) is 6.21. The maximum absolute atomic E-state index is 3.60. The van der Waals surface area contributed by atoms with Crippen LogP contribution in [0.25, 0.3) is 56.8 Å². The van der Waals surface area contributed by atoms with Gasteiger partial charge in [-0.1, -0.05) is 109 Å². The van der Waals surface area contributed by atoms with E-state index < -0.39 is 0 Å². The standard InChI is InChI=1S/C32H23N/c1-3-9-27-21-23(13-17-25(27)7-1)15-19-30-29-11-5-6-12-31(29)33-32(30)20-16-24-14-18-26-8-2-4-10-28(26)22-24/h1-22,33H/b19-15+,20-16+. The van der Waals surface area contributed by atoms with Crippen LogP contribution in [0.15, 0.2) is 109 Å². The molecule has 0 spiro atoms. The summed E-state index contributed by atoms with van der Waals surface area (Å²) in [4.78, 5) is 3.60. The molecule has 156 valence electrons. The smallest absolute Gasteiger partial charge is 0.0465 e. The zero-order chi connectivity index (χ0) is 22.0. The first kappa shape index (κ1) is 19.3. The third kappa shape index (κ3) is 3.86. The number of fused-ring (bicyclic) bond motifs is 3. The molecule has 6 rings (SSSR count). The quantitative estimate of drug-likeness (QED) is 0.293. The Morgan fingerprint density at radius 2 is 1.00 bits per heavy atom. The molecule has 5 aromatic carbocycles. The summed E-state index contributed by atoms with van der Waals surface area (Å²) in [7, 11) is 0. The largest absolute Gasteiger partial charge is 0.355 e. The summed E-state index contributed by atoms with van der Waals surface area (Å²) < 4.78 is 0. The predicted molar refractivity (Wildman–Crippen MR) is 144 cm³/mol. The van der Waals surface area contributed by atoms with Gasteiger partial charge in [0.1, 0.15) is 0 Å². The molecule has 0 unspecified atom stereocenters. The van der Waals surface area contributed by atoms with Crippen molar-refractivity contribution in [3.63, 3.8) is 0 Å². The van der Waals surface area contributed by atoms with Crippen LogP contribution in [0.1, 0.15) is 22.4 Å². The van der Waals surface area contributed by atoms with Crippen LogP contribution in [-0.2, 0) is 0 Å². The Bertz CT molecular complexity index is 1660. The number of para-hydroxylation sites is 1. The van der Waals surface area contributed by atoms with Crippen LogP contribution < -0.4 is 0 Å². The van der Waals surface area contributed by atoms with Gasteiger partial charge >= 0.3 is 0 Å². The number of aromatic nitrogens is 1. The molecule has 0 saturated heterocycles. The van der Waals surface area contributed by atoms with Gasteiger partial charge in [-0.25, -0.2) is 0 Å². The minimum Gasteiger partial charge on any atom is -0.355 e. The lowest BCUT2D eigenvalue weighted by Crippen LogP contribution is -1.79. The Labute approximate surface area is 193 Å². The zero-order valence-electron chi connectivity index (χ0n) is 18.2. The number of aromatic amines is 1. The average molecular weight is 422 g/mol. The Balaban J connectivity index is 1.39. The summed E-state index contributed by atoms with van der Waals surface area (Å²) in [6.07, 6.45) is 8.80. The number of rotatable bonds is 4. The maximum Gasteiger partial charge on any atom is 0.0465 e. The van der Waals surface area contributed by atoms with Gasteiger partial charge in [-0.05, 0) is 56.9 Å². The average Bonchev–Trinajstić information content (AvgIpc) is 3.23. The van der Waals surface area contributed by atoms with E-state index in [0.29, 0.717) is 0 Å². The van der Waals surface area contributed by atoms with Crippen molar-refractivity contribution in [1.29, 1.82) is 0 Å². The second-order valence-corrected chi connectivity index (χ2v) is 8.38. The molecule has 0 aliphatic carbocycles. The zero-order valence-corrected chi connectivity index (χ0v) is 18.2. The van der Waals surface area contributed by atoms with E-state index in [4.69, 9.17) is 0 Å². The van der Waals surface area contributed by atoms with Gasteiger partial charge in [0.25, 0.3) is 0 Å². The third-order valence-corrected chi connectivity index (χ3v) is 6.21. The van der Waals surface area contributed by atoms with Gasteiger partial charge in [-0.15, -0.1) is 0 Å². The second kappa shape index (κ2) is 8.29. The van der Waals surface area contributed by atoms with Crippen LogP contribution in [0.3, 0.4) is 0 Å². The van der Waals surface area contributed by atoms with Gasteiger partial charge in [-0.3, -0.25) is 0 Å². The van der Waals surface area contributed by atoms with E-state index in [1.54, 1.807) is 0 Å². The topological polar surface area (TPSA) is 15.8 Å². The molecule has 33 heavy (non-hydrogen) atoms. The summed E-state index contributed by atoms with van der Waals surface area (Å²) in [5, 5.41) is 6.27. The van der Waals surface area contributed by atoms with E-state index in [0.717, 1.165) is 11.2 Å². The highest BCUT2D eigenvalue weighted by atomic mass is 14.7. The van der Waals surface area contributed by atoms with Crippen LogP contribution >= 0.6 is 0 Å². The Hall–Kier alpha value is -4.36. The van der Waals surface area contributed by atoms with Crippen molar-refractivity contribution < 1.29 is 0 Å². The van der Waals surface area contributed by atoms with Crippen molar-refractivity contribution in [1.82, 2.24) is 4.98 Å². The number of nitrogens with one attached hydrogen (secondary N) is 1. The number of hydrogen-bond acceptors (Lipinski definition) is 0.